The summed E-state index contributed by atoms with van der Waals surface area (Å²) in [5, 5.41) is 12.1. The van der Waals surface area contributed by atoms with Gasteiger partial charge in [-0.2, -0.15) is 0 Å². The molecular weight excluding hydrogens is 324 g/mol. The van der Waals surface area contributed by atoms with Gasteiger partial charge in [-0.3, -0.25) is 10.1 Å². The van der Waals surface area contributed by atoms with Crippen molar-refractivity contribution in [2.24, 2.45) is 5.73 Å². The van der Waals surface area contributed by atoms with Gasteiger partial charge in [0.1, 0.15) is 11.9 Å². The minimum absolute atomic E-state index is 0.0321. The SMILES string of the molecule is NC1CCN(c2c([N+](=O)[O-])cnc3ccc(Br)cc23)C1. The molecule has 2 aromatic rings. The van der Waals surface area contributed by atoms with Crippen molar-refractivity contribution in [2.45, 2.75) is 12.5 Å². The summed E-state index contributed by atoms with van der Waals surface area (Å²) >= 11 is 3.41. The Labute approximate surface area is 123 Å². The van der Waals surface area contributed by atoms with E-state index in [0.29, 0.717) is 12.2 Å². The fraction of sp³-hybridized carbons (Fsp3) is 0.308. The molecule has 1 atom stereocenters. The first-order valence-corrected chi connectivity index (χ1v) is 7.09. The molecule has 1 aliphatic heterocycles. The minimum Gasteiger partial charge on any atom is -0.364 e. The van der Waals surface area contributed by atoms with E-state index in [9.17, 15) is 10.1 Å². The third kappa shape index (κ3) is 2.23. The summed E-state index contributed by atoms with van der Waals surface area (Å²) in [5.41, 5.74) is 7.32. The molecule has 2 heterocycles. The highest BCUT2D eigenvalue weighted by molar-refractivity contribution is 9.10. The lowest BCUT2D eigenvalue weighted by atomic mass is 10.1. The summed E-state index contributed by atoms with van der Waals surface area (Å²) in [7, 11) is 0. The van der Waals surface area contributed by atoms with Crippen molar-refractivity contribution >= 4 is 38.2 Å². The van der Waals surface area contributed by atoms with Gasteiger partial charge in [0.15, 0.2) is 0 Å². The van der Waals surface area contributed by atoms with Gasteiger partial charge in [0.2, 0.25) is 0 Å². The predicted molar refractivity (Wildman–Crippen MR) is 80.9 cm³/mol. The fourth-order valence-corrected chi connectivity index (χ4v) is 2.96. The van der Waals surface area contributed by atoms with Crippen LogP contribution in [-0.2, 0) is 0 Å². The van der Waals surface area contributed by atoms with E-state index in [-0.39, 0.29) is 16.7 Å². The molecule has 0 bridgehead atoms. The predicted octanol–water partition coefficient (Wildman–Crippen LogP) is 2.44. The second kappa shape index (κ2) is 4.99. The molecule has 0 aliphatic carbocycles. The number of pyridine rings is 1. The minimum atomic E-state index is -0.382. The Morgan fingerprint density at radius 3 is 2.95 bits per heavy atom. The molecule has 1 unspecified atom stereocenters. The Morgan fingerprint density at radius 2 is 2.30 bits per heavy atom. The van der Waals surface area contributed by atoms with Crippen molar-refractivity contribution in [3.05, 3.63) is 39.0 Å². The monoisotopic (exact) mass is 336 g/mol. The van der Waals surface area contributed by atoms with E-state index in [1.165, 1.54) is 6.20 Å². The topological polar surface area (TPSA) is 85.3 Å². The van der Waals surface area contributed by atoms with Gasteiger partial charge in [0, 0.05) is 29.0 Å². The molecule has 20 heavy (non-hydrogen) atoms. The molecule has 2 N–H and O–H groups in total. The first-order valence-electron chi connectivity index (χ1n) is 6.29. The molecular formula is C13H13BrN4O2. The molecule has 104 valence electrons. The number of benzene rings is 1. The Hall–Kier alpha value is -1.73. The van der Waals surface area contributed by atoms with Crippen molar-refractivity contribution in [3.8, 4) is 0 Å². The van der Waals surface area contributed by atoms with Crippen molar-refractivity contribution < 1.29 is 4.92 Å². The second-order valence-corrected chi connectivity index (χ2v) is 5.82. The molecule has 0 saturated carbocycles. The number of anilines is 1. The summed E-state index contributed by atoms with van der Waals surface area (Å²) in [4.78, 5) is 17.1. The zero-order valence-electron chi connectivity index (χ0n) is 10.6. The average molecular weight is 337 g/mol. The molecule has 3 rings (SSSR count). The van der Waals surface area contributed by atoms with Gasteiger partial charge in [-0.05, 0) is 24.6 Å². The van der Waals surface area contributed by atoms with Gasteiger partial charge >= 0.3 is 5.69 Å². The molecule has 1 fully saturated rings. The summed E-state index contributed by atoms with van der Waals surface area (Å²) in [5.74, 6) is 0. The van der Waals surface area contributed by atoms with Crippen LogP contribution >= 0.6 is 15.9 Å². The molecule has 1 aliphatic rings. The van der Waals surface area contributed by atoms with Crippen LogP contribution in [0.25, 0.3) is 10.9 Å². The van der Waals surface area contributed by atoms with E-state index in [2.05, 4.69) is 20.9 Å². The molecule has 0 amide bonds. The maximum atomic E-state index is 11.3. The van der Waals surface area contributed by atoms with Gasteiger partial charge in [0.05, 0.1) is 10.4 Å². The number of rotatable bonds is 2. The number of hydrogen-bond donors (Lipinski definition) is 1. The molecule has 1 saturated heterocycles. The third-order valence-corrected chi connectivity index (χ3v) is 4.01. The number of nitro groups is 1. The number of nitrogens with two attached hydrogens (primary N) is 1. The smallest absolute Gasteiger partial charge is 0.311 e. The van der Waals surface area contributed by atoms with E-state index in [4.69, 9.17) is 5.73 Å². The summed E-state index contributed by atoms with van der Waals surface area (Å²) in [6.45, 7) is 1.36. The normalized spacial score (nSPS) is 18.7. The van der Waals surface area contributed by atoms with Crippen molar-refractivity contribution in [3.63, 3.8) is 0 Å². The largest absolute Gasteiger partial charge is 0.364 e. The van der Waals surface area contributed by atoms with Gasteiger partial charge in [0.25, 0.3) is 0 Å². The molecule has 0 radical (unpaired) electrons. The number of hydrogen-bond acceptors (Lipinski definition) is 5. The Balaban J connectivity index is 2.26. The lowest BCUT2D eigenvalue weighted by Crippen LogP contribution is -2.27. The van der Waals surface area contributed by atoms with Crippen LogP contribution < -0.4 is 10.6 Å². The van der Waals surface area contributed by atoms with E-state index < -0.39 is 0 Å². The first-order chi connectivity index (χ1) is 9.56. The van der Waals surface area contributed by atoms with Crippen LogP contribution in [0.1, 0.15) is 6.42 Å². The Kier molecular flexibility index (Phi) is 3.31. The summed E-state index contributed by atoms with van der Waals surface area (Å²) < 4.78 is 0.872. The highest BCUT2D eigenvalue weighted by atomic mass is 79.9. The molecule has 7 heteroatoms. The number of fused-ring (bicyclic) bond motifs is 1. The van der Waals surface area contributed by atoms with Crippen molar-refractivity contribution in [1.82, 2.24) is 4.98 Å². The Morgan fingerprint density at radius 1 is 1.50 bits per heavy atom. The van der Waals surface area contributed by atoms with Crippen LogP contribution in [0.3, 0.4) is 0 Å². The van der Waals surface area contributed by atoms with E-state index in [0.717, 1.165) is 28.3 Å². The maximum Gasteiger partial charge on any atom is 0.311 e. The van der Waals surface area contributed by atoms with E-state index >= 15 is 0 Å². The Bertz CT molecular complexity index is 691. The molecule has 0 spiro atoms. The number of aromatic nitrogens is 1. The maximum absolute atomic E-state index is 11.3. The zero-order chi connectivity index (χ0) is 14.3. The van der Waals surface area contributed by atoms with Crippen LogP contribution in [0.15, 0.2) is 28.9 Å². The summed E-state index contributed by atoms with van der Waals surface area (Å²) in [6, 6.07) is 5.66. The standard InChI is InChI=1S/C13H13BrN4O2/c14-8-1-2-11-10(5-8)13(12(6-16-11)18(19)20)17-4-3-9(15)7-17/h1-2,5-6,9H,3-4,7,15H2. The highest BCUT2D eigenvalue weighted by Crippen LogP contribution is 2.37. The van der Waals surface area contributed by atoms with Gasteiger partial charge in [-0.15, -0.1) is 0 Å². The highest BCUT2D eigenvalue weighted by Gasteiger charge is 2.28. The van der Waals surface area contributed by atoms with E-state index in [1.54, 1.807) is 0 Å². The van der Waals surface area contributed by atoms with Crippen LogP contribution in [0.2, 0.25) is 0 Å². The van der Waals surface area contributed by atoms with E-state index in [1.807, 2.05) is 23.1 Å². The fourth-order valence-electron chi connectivity index (χ4n) is 2.60. The van der Waals surface area contributed by atoms with Crippen LogP contribution in [0.5, 0.6) is 0 Å². The second-order valence-electron chi connectivity index (χ2n) is 4.91. The van der Waals surface area contributed by atoms with Gasteiger partial charge in [-0.25, -0.2) is 4.98 Å². The molecule has 1 aromatic carbocycles. The van der Waals surface area contributed by atoms with Gasteiger partial charge < -0.3 is 10.6 Å². The number of halogens is 1. The first kappa shape index (κ1) is 13.3. The zero-order valence-corrected chi connectivity index (χ0v) is 12.2. The molecule has 6 nitrogen and oxygen atoms in total. The van der Waals surface area contributed by atoms with Crippen LogP contribution in [-0.4, -0.2) is 29.0 Å². The lowest BCUT2D eigenvalue weighted by Gasteiger charge is -2.19. The lowest BCUT2D eigenvalue weighted by molar-refractivity contribution is -0.384. The third-order valence-electron chi connectivity index (χ3n) is 3.52. The average Bonchev–Trinajstić information content (AvgIpc) is 2.83. The van der Waals surface area contributed by atoms with Crippen LogP contribution in [0.4, 0.5) is 11.4 Å². The number of nitrogens with zero attached hydrogens (tertiary/aromatic N) is 3. The quantitative estimate of drug-likeness (QED) is 0.672. The molecule has 1 aromatic heterocycles. The van der Waals surface area contributed by atoms with Crippen LogP contribution in [0, 0.1) is 10.1 Å². The van der Waals surface area contributed by atoms with Crippen molar-refractivity contribution in [2.75, 3.05) is 18.0 Å². The van der Waals surface area contributed by atoms with Crippen molar-refractivity contribution in [1.29, 1.82) is 0 Å². The summed E-state index contributed by atoms with van der Waals surface area (Å²) in [6.07, 6.45) is 2.17. The van der Waals surface area contributed by atoms with Gasteiger partial charge in [-0.1, -0.05) is 15.9 Å².